The summed E-state index contributed by atoms with van der Waals surface area (Å²) < 4.78 is 0. The number of aryl methyl sites for hydroxylation is 1. The van der Waals surface area contributed by atoms with E-state index in [1.54, 1.807) is 12.3 Å². The van der Waals surface area contributed by atoms with Gasteiger partial charge in [0, 0.05) is 25.2 Å². The van der Waals surface area contributed by atoms with Crippen LogP contribution < -0.4 is 10.6 Å². The molecule has 1 saturated carbocycles. The molecule has 2 heterocycles. The number of rotatable bonds is 3. The van der Waals surface area contributed by atoms with Gasteiger partial charge in [-0.3, -0.25) is 10.1 Å². The second kappa shape index (κ2) is 5.11. The summed E-state index contributed by atoms with van der Waals surface area (Å²) in [4.78, 5) is 29.6. The van der Waals surface area contributed by atoms with Crippen LogP contribution >= 0.6 is 0 Å². The van der Waals surface area contributed by atoms with Gasteiger partial charge in [-0.1, -0.05) is 6.07 Å². The molecule has 1 saturated heterocycles. The molecule has 6 nitrogen and oxygen atoms in total. The fourth-order valence-corrected chi connectivity index (χ4v) is 2.45. The van der Waals surface area contributed by atoms with Gasteiger partial charge in [0.1, 0.15) is 5.82 Å². The number of pyridine rings is 1. The normalized spacial score (nSPS) is 21.9. The lowest BCUT2D eigenvalue weighted by Gasteiger charge is -2.16. The molecule has 0 bridgehead atoms. The Kier molecular flexibility index (Phi) is 3.30. The lowest BCUT2D eigenvalue weighted by atomic mass is 10.2. The number of carbonyl (C=O) groups is 2. The van der Waals surface area contributed by atoms with E-state index in [4.69, 9.17) is 0 Å². The molecule has 106 valence electrons. The molecule has 1 aliphatic heterocycles. The van der Waals surface area contributed by atoms with Crippen LogP contribution in [0.25, 0.3) is 0 Å². The van der Waals surface area contributed by atoms with Crippen molar-refractivity contribution in [1.82, 2.24) is 15.2 Å². The van der Waals surface area contributed by atoms with Gasteiger partial charge >= 0.3 is 6.03 Å². The minimum atomic E-state index is -0.309. The zero-order chi connectivity index (χ0) is 14.1. The Hall–Kier alpha value is -2.11. The third-order valence-corrected chi connectivity index (χ3v) is 3.63. The highest BCUT2D eigenvalue weighted by Gasteiger charge is 2.39. The molecule has 2 aliphatic rings. The monoisotopic (exact) mass is 274 g/mol. The Bertz CT molecular complexity index is 524. The van der Waals surface area contributed by atoms with E-state index in [9.17, 15) is 9.59 Å². The summed E-state index contributed by atoms with van der Waals surface area (Å²) in [5.41, 5.74) is 1.04. The fraction of sp³-hybridized carbons (Fsp3) is 0.500. The van der Waals surface area contributed by atoms with Crippen molar-refractivity contribution < 1.29 is 9.59 Å². The maximum atomic E-state index is 11.9. The molecule has 3 amide bonds. The van der Waals surface area contributed by atoms with Crippen molar-refractivity contribution in [3.05, 3.63) is 23.9 Å². The van der Waals surface area contributed by atoms with Crippen LogP contribution in [0.4, 0.5) is 10.6 Å². The van der Waals surface area contributed by atoms with Gasteiger partial charge in [0.15, 0.2) is 0 Å². The van der Waals surface area contributed by atoms with Gasteiger partial charge in [0.25, 0.3) is 0 Å². The topological polar surface area (TPSA) is 74.3 Å². The van der Waals surface area contributed by atoms with E-state index in [1.165, 1.54) is 0 Å². The Morgan fingerprint density at radius 3 is 2.85 bits per heavy atom. The maximum Gasteiger partial charge on any atom is 0.320 e. The van der Waals surface area contributed by atoms with E-state index >= 15 is 0 Å². The van der Waals surface area contributed by atoms with Crippen molar-refractivity contribution >= 4 is 17.8 Å². The van der Waals surface area contributed by atoms with Crippen LogP contribution in [0.5, 0.6) is 0 Å². The standard InChI is InChI=1S/C14H18N4O2/c1-9-2-5-12(15-7-9)17-14(20)16-10-6-13(19)18(8-10)11-3-4-11/h2,5,7,10-11H,3-4,6,8H2,1H3,(H2,15,16,17,20)/t10-/m0/s1. The van der Waals surface area contributed by atoms with Crippen LogP contribution in [-0.2, 0) is 4.79 Å². The third-order valence-electron chi connectivity index (χ3n) is 3.63. The number of hydrogen-bond acceptors (Lipinski definition) is 3. The predicted octanol–water partition coefficient (Wildman–Crippen LogP) is 1.27. The number of urea groups is 1. The van der Waals surface area contributed by atoms with Crippen LogP contribution in [0.15, 0.2) is 18.3 Å². The first-order chi connectivity index (χ1) is 9.61. The first-order valence-corrected chi connectivity index (χ1v) is 6.91. The molecule has 3 rings (SSSR count). The van der Waals surface area contributed by atoms with Crippen LogP contribution in [0, 0.1) is 6.92 Å². The molecular weight excluding hydrogens is 256 g/mol. The molecule has 0 aromatic carbocycles. The molecule has 1 aromatic heterocycles. The van der Waals surface area contributed by atoms with Crippen molar-refractivity contribution in [2.24, 2.45) is 0 Å². The van der Waals surface area contributed by atoms with E-state index in [0.717, 1.165) is 18.4 Å². The number of nitrogens with zero attached hydrogens (tertiary/aromatic N) is 2. The number of carbonyl (C=O) groups excluding carboxylic acids is 2. The largest absolute Gasteiger partial charge is 0.338 e. The SMILES string of the molecule is Cc1ccc(NC(=O)N[C@H]2CC(=O)N(C3CC3)C2)nc1. The number of aromatic nitrogens is 1. The van der Waals surface area contributed by atoms with Crippen molar-refractivity contribution in [2.45, 2.75) is 38.3 Å². The molecular formula is C14H18N4O2. The number of nitrogens with one attached hydrogen (secondary N) is 2. The van der Waals surface area contributed by atoms with E-state index in [-0.39, 0.29) is 18.0 Å². The molecule has 1 aromatic rings. The molecule has 1 aliphatic carbocycles. The van der Waals surface area contributed by atoms with Crippen molar-refractivity contribution in [2.75, 3.05) is 11.9 Å². The molecule has 2 N–H and O–H groups in total. The Morgan fingerprint density at radius 2 is 2.20 bits per heavy atom. The molecule has 0 spiro atoms. The zero-order valence-corrected chi connectivity index (χ0v) is 11.4. The fourth-order valence-electron chi connectivity index (χ4n) is 2.45. The quantitative estimate of drug-likeness (QED) is 0.871. The summed E-state index contributed by atoms with van der Waals surface area (Å²) >= 11 is 0. The maximum absolute atomic E-state index is 11.9. The minimum Gasteiger partial charge on any atom is -0.338 e. The predicted molar refractivity (Wildman–Crippen MR) is 74.3 cm³/mol. The first-order valence-electron chi connectivity index (χ1n) is 6.91. The van der Waals surface area contributed by atoms with Gasteiger partial charge in [-0.15, -0.1) is 0 Å². The number of hydrogen-bond donors (Lipinski definition) is 2. The summed E-state index contributed by atoms with van der Waals surface area (Å²) in [6.45, 7) is 2.56. The van der Waals surface area contributed by atoms with E-state index < -0.39 is 0 Å². The summed E-state index contributed by atoms with van der Waals surface area (Å²) in [5, 5.41) is 5.51. The molecule has 2 fully saturated rings. The lowest BCUT2D eigenvalue weighted by Crippen LogP contribution is -2.40. The van der Waals surface area contributed by atoms with Gasteiger partial charge in [-0.25, -0.2) is 9.78 Å². The van der Waals surface area contributed by atoms with Crippen LogP contribution in [0.3, 0.4) is 0 Å². The van der Waals surface area contributed by atoms with Gasteiger partial charge in [0.2, 0.25) is 5.91 Å². The summed E-state index contributed by atoms with van der Waals surface area (Å²) in [5.74, 6) is 0.655. The lowest BCUT2D eigenvalue weighted by molar-refractivity contribution is -0.128. The van der Waals surface area contributed by atoms with Crippen molar-refractivity contribution in [3.63, 3.8) is 0 Å². The highest BCUT2D eigenvalue weighted by molar-refractivity contribution is 5.89. The Labute approximate surface area is 117 Å². The number of amides is 3. The first kappa shape index (κ1) is 12.9. The molecule has 20 heavy (non-hydrogen) atoms. The molecule has 0 unspecified atom stereocenters. The average molecular weight is 274 g/mol. The van der Waals surface area contributed by atoms with Crippen molar-refractivity contribution in [3.8, 4) is 0 Å². The summed E-state index contributed by atoms with van der Waals surface area (Å²) in [7, 11) is 0. The highest BCUT2D eigenvalue weighted by Crippen LogP contribution is 2.30. The van der Waals surface area contributed by atoms with Gasteiger partial charge in [0.05, 0.1) is 6.04 Å². The summed E-state index contributed by atoms with van der Waals surface area (Å²) in [6, 6.07) is 3.64. The highest BCUT2D eigenvalue weighted by atomic mass is 16.2. The Morgan fingerprint density at radius 1 is 1.40 bits per heavy atom. The average Bonchev–Trinajstić information content (AvgIpc) is 3.17. The molecule has 1 atom stereocenters. The van der Waals surface area contributed by atoms with E-state index in [1.807, 2.05) is 17.9 Å². The summed E-state index contributed by atoms with van der Waals surface area (Å²) in [6.07, 6.45) is 4.28. The van der Waals surface area contributed by atoms with E-state index in [0.29, 0.717) is 24.8 Å². The van der Waals surface area contributed by atoms with E-state index in [2.05, 4.69) is 15.6 Å². The van der Waals surface area contributed by atoms with Crippen LogP contribution in [0.1, 0.15) is 24.8 Å². The third kappa shape index (κ3) is 2.89. The van der Waals surface area contributed by atoms with Crippen LogP contribution in [0.2, 0.25) is 0 Å². The van der Waals surface area contributed by atoms with Gasteiger partial charge in [-0.2, -0.15) is 0 Å². The second-order valence-corrected chi connectivity index (χ2v) is 5.50. The van der Waals surface area contributed by atoms with Crippen molar-refractivity contribution in [1.29, 1.82) is 0 Å². The van der Waals surface area contributed by atoms with Gasteiger partial charge < -0.3 is 10.2 Å². The molecule has 6 heteroatoms. The number of anilines is 1. The number of likely N-dealkylation sites (tertiary alicyclic amines) is 1. The molecule has 0 radical (unpaired) electrons. The van der Waals surface area contributed by atoms with Crippen LogP contribution in [-0.4, -0.2) is 40.5 Å². The Balaban J connectivity index is 1.51. The minimum absolute atomic E-state index is 0.103. The zero-order valence-electron chi connectivity index (χ0n) is 11.4. The van der Waals surface area contributed by atoms with Gasteiger partial charge in [-0.05, 0) is 31.4 Å². The second-order valence-electron chi connectivity index (χ2n) is 5.50. The smallest absolute Gasteiger partial charge is 0.320 e.